The molecule has 1 amide bonds. The molecule has 0 radical (unpaired) electrons. The molecule has 3 unspecified atom stereocenters. The molecule has 25 heavy (non-hydrogen) atoms. The topological polar surface area (TPSA) is 65.7 Å². The van der Waals surface area contributed by atoms with Crippen molar-refractivity contribution in [2.24, 2.45) is 17.6 Å². The fraction of sp³-hybridized carbons (Fsp3) is 0.684. The summed E-state index contributed by atoms with van der Waals surface area (Å²) in [7, 11) is 0. The summed E-state index contributed by atoms with van der Waals surface area (Å²) in [5.74, 6) is 2.57. The van der Waals surface area contributed by atoms with Gasteiger partial charge in [-0.25, -0.2) is 4.98 Å². The summed E-state index contributed by atoms with van der Waals surface area (Å²) in [4.78, 5) is 23.8. The first kappa shape index (κ1) is 16.8. The molecular weight excluding hydrogens is 314 g/mol. The lowest BCUT2D eigenvalue weighted by atomic mass is 9.98. The van der Waals surface area contributed by atoms with Gasteiger partial charge in [0.15, 0.2) is 0 Å². The van der Waals surface area contributed by atoms with E-state index in [9.17, 15) is 4.79 Å². The maximum atomic E-state index is 12.5. The van der Waals surface area contributed by atoms with Crippen LogP contribution in [0, 0.1) is 11.8 Å². The molecule has 1 saturated carbocycles. The van der Waals surface area contributed by atoms with E-state index in [1.807, 2.05) is 18.3 Å². The number of pyridine rings is 1. The second-order valence-electron chi connectivity index (χ2n) is 7.73. The van der Waals surface area contributed by atoms with Crippen molar-refractivity contribution in [1.82, 2.24) is 14.8 Å². The number of nitrogens with two attached hydrogens (primary N) is 1. The molecule has 1 aromatic rings. The van der Waals surface area contributed by atoms with Gasteiger partial charge in [0, 0.05) is 64.5 Å². The SMILES string of the molecule is NC1CCC2CN(C(=O)CCN3CCN(c4ccccn4)CC3)CC12. The van der Waals surface area contributed by atoms with Gasteiger partial charge < -0.3 is 15.5 Å². The number of nitrogens with zero attached hydrogens (tertiary/aromatic N) is 4. The lowest BCUT2D eigenvalue weighted by Gasteiger charge is -2.35. The van der Waals surface area contributed by atoms with E-state index >= 15 is 0 Å². The van der Waals surface area contributed by atoms with Crippen LogP contribution in [-0.4, -0.2) is 72.5 Å². The number of anilines is 1. The van der Waals surface area contributed by atoms with E-state index in [4.69, 9.17) is 5.73 Å². The molecule has 3 heterocycles. The van der Waals surface area contributed by atoms with Crippen LogP contribution in [-0.2, 0) is 4.79 Å². The Labute approximate surface area is 150 Å². The summed E-state index contributed by atoms with van der Waals surface area (Å²) in [6.45, 7) is 6.65. The average molecular weight is 343 g/mol. The van der Waals surface area contributed by atoms with Gasteiger partial charge in [-0.05, 0) is 36.8 Å². The summed E-state index contributed by atoms with van der Waals surface area (Å²) >= 11 is 0. The Bertz CT molecular complexity index is 587. The zero-order valence-electron chi connectivity index (χ0n) is 14.9. The number of rotatable bonds is 4. The van der Waals surface area contributed by atoms with E-state index in [1.165, 1.54) is 6.42 Å². The summed E-state index contributed by atoms with van der Waals surface area (Å²) in [5.41, 5.74) is 6.18. The fourth-order valence-electron chi connectivity index (χ4n) is 4.66. The van der Waals surface area contributed by atoms with Crippen LogP contribution in [0.1, 0.15) is 19.3 Å². The van der Waals surface area contributed by atoms with Crippen LogP contribution in [0.2, 0.25) is 0 Å². The van der Waals surface area contributed by atoms with E-state index in [1.54, 1.807) is 0 Å². The minimum atomic E-state index is 0.308. The molecule has 3 fully saturated rings. The maximum absolute atomic E-state index is 12.5. The van der Waals surface area contributed by atoms with Crippen molar-refractivity contribution in [3.63, 3.8) is 0 Å². The van der Waals surface area contributed by atoms with Crippen molar-refractivity contribution in [3.8, 4) is 0 Å². The van der Waals surface area contributed by atoms with Crippen molar-refractivity contribution in [1.29, 1.82) is 0 Å². The second kappa shape index (κ2) is 7.30. The normalized spacial score (nSPS) is 29.9. The first-order valence-electron chi connectivity index (χ1n) is 9.62. The molecule has 2 saturated heterocycles. The van der Waals surface area contributed by atoms with Crippen LogP contribution in [0.4, 0.5) is 5.82 Å². The van der Waals surface area contributed by atoms with Gasteiger partial charge >= 0.3 is 0 Å². The number of hydrogen-bond acceptors (Lipinski definition) is 5. The van der Waals surface area contributed by atoms with Crippen molar-refractivity contribution in [2.75, 3.05) is 50.7 Å². The van der Waals surface area contributed by atoms with E-state index in [2.05, 4.69) is 25.8 Å². The first-order valence-corrected chi connectivity index (χ1v) is 9.62. The van der Waals surface area contributed by atoms with Gasteiger partial charge in [-0.1, -0.05) is 6.07 Å². The van der Waals surface area contributed by atoms with E-state index in [0.29, 0.717) is 30.2 Å². The maximum Gasteiger partial charge on any atom is 0.223 e. The molecule has 4 rings (SSSR count). The molecule has 1 aromatic heterocycles. The minimum Gasteiger partial charge on any atom is -0.354 e. The Morgan fingerprint density at radius 2 is 2.00 bits per heavy atom. The number of aromatic nitrogens is 1. The highest BCUT2D eigenvalue weighted by Gasteiger charge is 2.42. The van der Waals surface area contributed by atoms with Crippen molar-refractivity contribution in [3.05, 3.63) is 24.4 Å². The largest absolute Gasteiger partial charge is 0.354 e. The number of likely N-dealkylation sites (tertiary alicyclic amines) is 1. The monoisotopic (exact) mass is 343 g/mol. The zero-order chi connectivity index (χ0) is 17.2. The quantitative estimate of drug-likeness (QED) is 0.876. The Kier molecular flexibility index (Phi) is 4.90. The first-order chi connectivity index (χ1) is 12.2. The molecule has 2 aliphatic heterocycles. The van der Waals surface area contributed by atoms with Gasteiger partial charge in [-0.15, -0.1) is 0 Å². The Morgan fingerprint density at radius 3 is 2.72 bits per heavy atom. The molecular formula is C19H29N5O. The molecule has 6 heteroatoms. The van der Waals surface area contributed by atoms with E-state index in [0.717, 1.165) is 58.1 Å². The van der Waals surface area contributed by atoms with E-state index in [-0.39, 0.29) is 0 Å². The summed E-state index contributed by atoms with van der Waals surface area (Å²) < 4.78 is 0. The van der Waals surface area contributed by atoms with Gasteiger partial charge in [0.25, 0.3) is 0 Å². The Morgan fingerprint density at radius 1 is 1.16 bits per heavy atom. The lowest BCUT2D eigenvalue weighted by Crippen LogP contribution is -2.47. The van der Waals surface area contributed by atoms with Gasteiger partial charge in [0.05, 0.1) is 0 Å². The third-order valence-corrected chi connectivity index (χ3v) is 6.25. The van der Waals surface area contributed by atoms with Crippen LogP contribution in [0.5, 0.6) is 0 Å². The molecule has 6 nitrogen and oxygen atoms in total. The standard InChI is InChI=1S/C19H29N5O/c20-17-5-4-15-13-24(14-16(15)17)19(25)6-8-22-9-11-23(12-10-22)18-3-1-2-7-21-18/h1-3,7,15-17H,4-6,8-14,20H2. The van der Waals surface area contributed by atoms with Gasteiger partial charge in [-0.3, -0.25) is 9.69 Å². The number of carbonyl (C=O) groups is 1. The third kappa shape index (κ3) is 3.65. The molecule has 1 aliphatic carbocycles. The highest BCUT2D eigenvalue weighted by atomic mass is 16.2. The van der Waals surface area contributed by atoms with Crippen LogP contribution in [0.3, 0.4) is 0 Å². The molecule has 0 bridgehead atoms. The summed E-state index contributed by atoms with van der Waals surface area (Å²) in [6, 6.07) is 6.35. The molecule has 136 valence electrons. The molecule has 3 aliphatic rings. The van der Waals surface area contributed by atoms with Gasteiger partial charge in [0.1, 0.15) is 5.82 Å². The smallest absolute Gasteiger partial charge is 0.223 e. The number of amides is 1. The summed E-state index contributed by atoms with van der Waals surface area (Å²) in [6.07, 6.45) is 4.82. The number of hydrogen-bond donors (Lipinski definition) is 1. The highest BCUT2D eigenvalue weighted by molar-refractivity contribution is 5.76. The van der Waals surface area contributed by atoms with Crippen LogP contribution >= 0.6 is 0 Å². The second-order valence-corrected chi connectivity index (χ2v) is 7.73. The van der Waals surface area contributed by atoms with Crippen molar-refractivity contribution >= 4 is 11.7 Å². The number of carbonyl (C=O) groups excluding carboxylic acids is 1. The average Bonchev–Trinajstić information content (AvgIpc) is 3.23. The summed E-state index contributed by atoms with van der Waals surface area (Å²) in [5, 5.41) is 0. The predicted molar refractivity (Wildman–Crippen MR) is 98.3 cm³/mol. The van der Waals surface area contributed by atoms with Crippen molar-refractivity contribution < 1.29 is 4.79 Å². The van der Waals surface area contributed by atoms with E-state index < -0.39 is 0 Å². The predicted octanol–water partition coefficient (Wildman–Crippen LogP) is 0.789. The fourth-order valence-corrected chi connectivity index (χ4v) is 4.66. The molecule has 2 N–H and O–H groups in total. The minimum absolute atomic E-state index is 0.308. The Balaban J connectivity index is 1.20. The van der Waals surface area contributed by atoms with Crippen LogP contribution < -0.4 is 10.6 Å². The molecule has 0 aromatic carbocycles. The highest BCUT2D eigenvalue weighted by Crippen LogP contribution is 2.37. The van der Waals surface area contributed by atoms with Gasteiger partial charge in [-0.2, -0.15) is 0 Å². The molecule has 0 spiro atoms. The third-order valence-electron chi connectivity index (χ3n) is 6.25. The van der Waals surface area contributed by atoms with Crippen molar-refractivity contribution in [2.45, 2.75) is 25.3 Å². The number of fused-ring (bicyclic) bond motifs is 1. The molecule has 3 atom stereocenters. The van der Waals surface area contributed by atoms with Gasteiger partial charge in [0.2, 0.25) is 5.91 Å². The van der Waals surface area contributed by atoms with Crippen LogP contribution in [0.15, 0.2) is 24.4 Å². The number of piperazine rings is 1. The lowest BCUT2D eigenvalue weighted by molar-refractivity contribution is -0.130. The Hall–Kier alpha value is -1.66. The van der Waals surface area contributed by atoms with Crippen LogP contribution in [0.25, 0.3) is 0 Å². The zero-order valence-corrected chi connectivity index (χ0v) is 14.9.